The number of allylic oxidation sites excluding steroid dienone is 1. The Labute approximate surface area is 125 Å². The van der Waals surface area contributed by atoms with E-state index in [1.807, 2.05) is 6.08 Å². The third kappa shape index (κ3) is 3.57. The Kier molecular flexibility index (Phi) is 4.43. The van der Waals surface area contributed by atoms with Gasteiger partial charge in [0.25, 0.3) is 0 Å². The van der Waals surface area contributed by atoms with E-state index < -0.39 is 0 Å². The van der Waals surface area contributed by atoms with Gasteiger partial charge in [-0.3, -0.25) is 4.99 Å². The molecule has 0 saturated heterocycles. The maximum atomic E-state index is 5.17. The predicted molar refractivity (Wildman–Crippen MR) is 86.1 cm³/mol. The van der Waals surface area contributed by atoms with Gasteiger partial charge in [0.1, 0.15) is 5.76 Å². The van der Waals surface area contributed by atoms with E-state index in [-0.39, 0.29) is 0 Å². The lowest BCUT2D eigenvalue weighted by atomic mass is 10.1. The molecule has 0 amide bonds. The van der Waals surface area contributed by atoms with E-state index in [1.165, 1.54) is 38.5 Å². The summed E-state index contributed by atoms with van der Waals surface area (Å²) in [5, 5.41) is 5.67. The molecule has 1 fully saturated rings. The Morgan fingerprint density at radius 3 is 2.76 bits per heavy atom. The molecule has 0 bridgehead atoms. The summed E-state index contributed by atoms with van der Waals surface area (Å²) in [6, 6.07) is 4.76. The number of nitrogens with one attached hydrogen (secondary N) is 2. The smallest absolute Gasteiger partial charge is 0.139 e. The summed E-state index contributed by atoms with van der Waals surface area (Å²) in [6.45, 7) is 0. The second kappa shape index (κ2) is 6.66. The number of aromatic amines is 1. The maximum absolute atomic E-state index is 5.17. The summed E-state index contributed by atoms with van der Waals surface area (Å²) >= 11 is 0. The highest BCUT2D eigenvalue weighted by atomic mass is 16.5. The first-order chi connectivity index (χ1) is 10.3. The molecule has 0 aromatic carbocycles. The Morgan fingerprint density at radius 2 is 2.05 bits per heavy atom. The molecule has 1 aliphatic carbocycles. The molecule has 1 aromatic heterocycles. The van der Waals surface area contributed by atoms with Gasteiger partial charge in [-0.05, 0) is 25.0 Å². The quantitative estimate of drug-likeness (QED) is 0.832. The minimum Gasteiger partial charge on any atom is -0.495 e. The molecule has 1 aromatic rings. The maximum Gasteiger partial charge on any atom is 0.139 e. The average molecular weight is 285 g/mol. The number of hydrogen-bond acceptors (Lipinski definition) is 3. The first-order valence-corrected chi connectivity index (χ1v) is 7.80. The lowest BCUT2D eigenvalue weighted by Crippen LogP contribution is -2.26. The van der Waals surface area contributed by atoms with Gasteiger partial charge in [0.05, 0.1) is 29.7 Å². The van der Waals surface area contributed by atoms with Crippen molar-refractivity contribution in [2.24, 2.45) is 4.99 Å². The molecule has 0 unspecified atom stereocenters. The summed E-state index contributed by atoms with van der Waals surface area (Å²) in [5.74, 6) is 0.793. The van der Waals surface area contributed by atoms with Crippen molar-refractivity contribution in [2.75, 3.05) is 7.11 Å². The topological polar surface area (TPSA) is 49.4 Å². The lowest BCUT2D eigenvalue weighted by molar-refractivity contribution is 0.318. The fourth-order valence-corrected chi connectivity index (χ4v) is 2.90. The van der Waals surface area contributed by atoms with Crippen molar-refractivity contribution in [1.82, 2.24) is 10.3 Å². The molecule has 2 aliphatic rings. The van der Waals surface area contributed by atoms with Crippen LogP contribution in [0.4, 0.5) is 0 Å². The molecule has 0 spiro atoms. The van der Waals surface area contributed by atoms with Crippen LogP contribution in [0.5, 0.6) is 0 Å². The van der Waals surface area contributed by atoms with Crippen LogP contribution >= 0.6 is 0 Å². The fraction of sp³-hybridized carbons (Fsp3) is 0.471. The van der Waals surface area contributed by atoms with Gasteiger partial charge in [-0.15, -0.1) is 0 Å². The summed E-state index contributed by atoms with van der Waals surface area (Å²) in [7, 11) is 1.66. The zero-order chi connectivity index (χ0) is 14.5. The van der Waals surface area contributed by atoms with E-state index in [1.54, 1.807) is 13.3 Å². The number of aliphatic imine (C=N–C) groups is 1. The summed E-state index contributed by atoms with van der Waals surface area (Å²) in [6.07, 6.45) is 13.8. The van der Waals surface area contributed by atoms with Crippen molar-refractivity contribution in [2.45, 2.75) is 44.6 Å². The summed E-state index contributed by atoms with van der Waals surface area (Å²) < 4.78 is 5.17. The van der Waals surface area contributed by atoms with E-state index in [0.29, 0.717) is 6.04 Å². The van der Waals surface area contributed by atoms with E-state index in [4.69, 9.17) is 4.74 Å². The van der Waals surface area contributed by atoms with Crippen molar-refractivity contribution >= 4 is 18.1 Å². The minimum atomic E-state index is 0.622. The Hall–Kier alpha value is -1.97. The molecule has 4 heteroatoms. The van der Waals surface area contributed by atoms with Gasteiger partial charge < -0.3 is 15.0 Å². The second-order valence-corrected chi connectivity index (χ2v) is 5.72. The molecule has 1 aliphatic heterocycles. The standard InChI is InChI=1S/C17H23N3O/c1-21-15-10-17(19-12-15)16-9-8-14(20-16)11-18-13-6-4-2-3-5-7-13/h8-13,18,20H,2-7H2,1H3. The molecule has 2 heterocycles. The molecular formula is C17H23N3O. The SMILES string of the molecule is COC1=CC(=c2ccc(=CNC3CCCCCC3)[nH]2)N=C1. The number of nitrogens with zero attached hydrogens (tertiary/aromatic N) is 1. The summed E-state index contributed by atoms with van der Waals surface area (Å²) in [4.78, 5) is 7.73. The average Bonchev–Trinajstić information content (AvgIpc) is 3.09. The first kappa shape index (κ1) is 14.0. The van der Waals surface area contributed by atoms with Gasteiger partial charge in [-0.1, -0.05) is 25.7 Å². The zero-order valence-electron chi connectivity index (χ0n) is 12.6. The Morgan fingerprint density at radius 1 is 1.24 bits per heavy atom. The molecule has 0 atom stereocenters. The third-order valence-corrected chi connectivity index (χ3v) is 4.16. The van der Waals surface area contributed by atoms with Crippen LogP contribution in [0.2, 0.25) is 0 Å². The lowest BCUT2D eigenvalue weighted by Gasteiger charge is -2.13. The first-order valence-electron chi connectivity index (χ1n) is 7.80. The molecule has 3 rings (SSSR count). The number of rotatable bonds is 3. The molecule has 112 valence electrons. The molecule has 1 saturated carbocycles. The van der Waals surface area contributed by atoms with E-state index in [9.17, 15) is 0 Å². The van der Waals surface area contributed by atoms with E-state index >= 15 is 0 Å². The largest absolute Gasteiger partial charge is 0.495 e. The molecular weight excluding hydrogens is 262 g/mol. The number of aromatic nitrogens is 1. The summed E-state index contributed by atoms with van der Waals surface area (Å²) in [5.41, 5.74) is 0.918. The second-order valence-electron chi connectivity index (χ2n) is 5.72. The highest BCUT2D eigenvalue weighted by molar-refractivity contribution is 5.89. The van der Waals surface area contributed by atoms with Crippen LogP contribution in [0.1, 0.15) is 38.5 Å². The van der Waals surface area contributed by atoms with Gasteiger partial charge >= 0.3 is 0 Å². The monoisotopic (exact) mass is 285 g/mol. The fourth-order valence-electron chi connectivity index (χ4n) is 2.90. The van der Waals surface area contributed by atoms with E-state index in [2.05, 4.69) is 33.6 Å². The van der Waals surface area contributed by atoms with Crippen molar-refractivity contribution < 1.29 is 4.74 Å². The number of methoxy groups -OCH3 is 1. The van der Waals surface area contributed by atoms with Crippen molar-refractivity contribution in [3.8, 4) is 0 Å². The van der Waals surface area contributed by atoms with Gasteiger partial charge in [0.2, 0.25) is 0 Å². The van der Waals surface area contributed by atoms with Crippen LogP contribution < -0.4 is 16.0 Å². The van der Waals surface area contributed by atoms with Gasteiger partial charge in [0.15, 0.2) is 0 Å². The molecule has 21 heavy (non-hydrogen) atoms. The highest BCUT2D eigenvalue weighted by Gasteiger charge is 2.09. The van der Waals surface area contributed by atoms with Crippen LogP contribution in [-0.2, 0) is 4.74 Å². The zero-order valence-corrected chi connectivity index (χ0v) is 12.6. The number of ether oxygens (including phenoxy) is 1. The van der Waals surface area contributed by atoms with Crippen LogP contribution in [0, 0.1) is 0 Å². The van der Waals surface area contributed by atoms with Crippen LogP contribution in [0.3, 0.4) is 0 Å². The predicted octanol–water partition coefficient (Wildman–Crippen LogP) is 1.79. The van der Waals surface area contributed by atoms with Crippen molar-refractivity contribution in [3.63, 3.8) is 0 Å². The van der Waals surface area contributed by atoms with Gasteiger partial charge in [-0.25, -0.2) is 0 Å². The normalized spacial score (nSPS) is 23.1. The van der Waals surface area contributed by atoms with Crippen LogP contribution in [-0.4, -0.2) is 24.4 Å². The van der Waals surface area contributed by atoms with E-state index in [0.717, 1.165) is 22.2 Å². The van der Waals surface area contributed by atoms with Crippen molar-refractivity contribution in [1.29, 1.82) is 0 Å². The number of H-pyrrole nitrogens is 1. The van der Waals surface area contributed by atoms with Crippen LogP contribution in [0.25, 0.3) is 11.9 Å². The van der Waals surface area contributed by atoms with Crippen molar-refractivity contribution in [3.05, 3.63) is 34.7 Å². The molecule has 0 radical (unpaired) electrons. The Balaban J connectivity index is 1.73. The third-order valence-electron chi connectivity index (χ3n) is 4.16. The van der Waals surface area contributed by atoms with Gasteiger partial charge in [0, 0.05) is 18.3 Å². The van der Waals surface area contributed by atoms with Crippen LogP contribution in [0.15, 0.2) is 29.0 Å². The number of hydrogen-bond donors (Lipinski definition) is 2. The molecule has 4 nitrogen and oxygen atoms in total. The molecule has 2 N–H and O–H groups in total. The highest BCUT2D eigenvalue weighted by Crippen LogP contribution is 2.17. The minimum absolute atomic E-state index is 0.622. The van der Waals surface area contributed by atoms with Gasteiger partial charge in [-0.2, -0.15) is 0 Å². The Bertz CT molecular complexity index is 646.